The van der Waals surface area contributed by atoms with E-state index in [1.165, 1.54) is 27.5 Å². The molecule has 0 aliphatic carbocycles. The van der Waals surface area contributed by atoms with Crippen LogP contribution in [0.25, 0.3) is 21.9 Å². The van der Waals surface area contributed by atoms with E-state index in [-0.39, 0.29) is 37.0 Å². The van der Waals surface area contributed by atoms with Crippen molar-refractivity contribution in [3.63, 3.8) is 0 Å². The summed E-state index contributed by atoms with van der Waals surface area (Å²) in [7, 11) is 0.805. The third-order valence-electron chi connectivity index (χ3n) is 5.72. The largest absolute Gasteiger partial charge is 0.168 e. The van der Waals surface area contributed by atoms with Crippen molar-refractivity contribution in [1.82, 2.24) is 0 Å². The van der Waals surface area contributed by atoms with Crippen LogP contribution in [-0.2, 0) is 37.0 Å². The third-order valence-corrected chi connectivity index (χ3v) is 6.74. The summed E-state index contributed by atoms with van der Waals surface area (Å²) in [5.74, 6) is 0.485. The fourth-order valence-corrected chi connectivity index (χ4v) is 6.02. The molecule has 0 nitrogen and oxygen atoms in total. The number of fused-ring (bicyclic) bond motifs is 1. The molecule has 152 valence electrons. The van der Waals surface area contributed by atoms with E-state index in [1.54, 1.807) is 16.3 Å². The Morgan fingerprint density at radius 3 is 2.07 bits per heavy atom. The molecule has 3 aromatic carbocycles. The average Bonchev–Trinajstić information content (AvgIpc) is 3.06. The molecular weight excluding hydrogens is 444 g/mol. The summed E-state index contributed by atoms with van der Waals surface area (Å²) >= 11 is 0. The molecule has 0 spiro atoms. The summed E-state index contributed by atoms with van der Waals surface area (Å²) in [6.07, 6.45) is 0. The first-order chi connectivity index (χ1) is 13.0. The van der Waals surface area contributed by atoms with E-state index in [9.17, 15) is 0 Å². The Morgan fingerprint density at radius 2 is 1.55 bits per heavy atom. The van der Waals surface area contributed by atoms with Crippen molar-refractivity contribution in [2.75, 3.05) is 0 Å². The molecule has 0 aliphatic rings. The van der Waals surface area contributed by atoms with E-state index in [0.717, 1.165) is 9.52 Å². The first kappa shape index (κ1) is 24.4. The average molecular weight is 479 g/mol. The zero-order valence-corrected chi connectivity index (χ0v) is 23.1. The molecule has 0 unspecified atom stereocenters. The molecule has 0 N–H and O–H groups in total. The zero-order chi connectivity index (χ0) is 20.9. The van der Waals surface area contributed by atoms with Gasteiger partial charge in [-0.1, -0.05) is 84.8 Å². The van der Waals surface area contributed by atoms with E-state index in [0.29, 0.717) is 5.92 Å². The van der Waals surface area contributed by atoms with Gasteiger partial charge in [-0.2, -0.15) is 12.1 Å². The molecule has 3 rings (SSSR count). The van der Waals surface area contributed by atoms with Gasteiger partial charge in [0.1, 0.15) is 0 Å². The van der Waals surface area contributed by atoms with E-state index in [2.05, 4.69) is 104 Å². The van der Waals surface area contributed by atoms with Crippen LogP contribution in [0.4, 0.5) is 0 Å². The smallest absolute Gasteiger partial charge is 0.0781 e. The van der Waals surface area contributed by atoms with Crippen molar-refractivity contribution in [2.24, 2.45) is 0 Å². The maximum absolute atomic E-state index is 2.53. The van der Waals surface area contributed by atoms with Crippen molar-refractivity contribution >= 4 is 25.5 Å². The fourth-order valence-electron chi connectivity index (χ4n) is 4.55. The minimum atomic E-state index is 0. The molecule has 0 saturated heterocycles. The van der Waals surface area contributed by atoms with Crippen molar-refractivity contribution in [3.05, 3.63) is 59.2 Å². The van der Waals surface area contributed by atoms with Crippen LogP contribution < -0.4 is 5.19 Å². The van der Waals surface area contributed by atoms with Crippen molar-refractivity contribution in [1.29, 1.82) is 0 Å². The van der Waals surface area contributed by atoms with Crippen molar-refractivity contribution < 1.29 is 26.2 Å². The summed E-state index contributed by atoms with van der Waals surface area (Å²) < 4.78 is 0. The van der Waals surface area contributed by atoms with Crippen molar-refractivity contribution in [3.8, 4) is 11.1 Å². The first-order valence-corrected chi connectivity index (χ1v) is 12.0. The van der Waals surface area contributed by atoms with Gasteiger partial charge in [0.2, 0.25) is 0 Å². The van der Waals surface area contributed by atoms with Crippen LogP contribution in [0.2, 0.25) is 6.55 Å². The van der Waals surface area contributed by atoms with Gasteiger partial charge >= 0.3 is 0 Å². The van der Waals surface area contributed by atoms with Crippen LogP contribution >= 0.6 is 0 Å². The van der Waals surface area contributed by atoms with Crippen LogP contribution in [0.15, 0.2) is 42.5 Å². The predicted molar refractivity (Wildman–Crippen MR) is 128 cm³/mol. The van der Waals surface area contributed by atoms with Crippen LogP contribution in [0.3, 0.4) is 0 Å². The number of rotatable bonds is 3. The molecule has 2 heteroatoms. The second-order valence-corrected chi connectivity index (χ2v) is 11.4. The Kier molecular flexibility index (Phi) is 7.34. The molecule has 0 heterocycles. The van der Waals surface area contributed by atoms with Gasteiger partial charge < -0.3 is 0 Å². The summed E-state index contributed by atoms with van der Waals surface area (Å²) in [4.78, 5) is 0. The summed E-state index contributed by atoms with van der Waals surface area (Å²) in [6, 6.07) is 16.0. The van der Waals surface area contributed by atoms with Crippen molar-refractivity contribution in [2.45, 2.75) is 78.7 Å². The van der Waals surface area contributed by atoms with Crippen LogP contribution in [0, 0.1) is 0 Å². The number of hydrogen-bond acceptors (Lipinski definition) is 0. The standard InChI is InChI=1S/C27H35Si.Zr/c1-17(2)23-21(20-15-11-13-18-12-10-14-19(18)20)16-22(26(3,4)5)25(28-9)24(23)27(6,7)8;/h10-17H,1-9H3;/q-1;. The van der Waals surface area contributed by atoms with Crippen LogP contribution in [0.5, 0.6) is 0 Å². The van der Waals surface area contributed by atoms with E-state index < -0.39 is 0 Å². The van der Waals surface area contributed by atoms with Crippen LogP contribution in [-0.4, -0.2) is 9.52 Å². The molecule has 0 amide bonds. The molecule has 0 fully saturated rings. The van der Waals surface area contributed by atoms with Gasteiger partial charge in [-0.15, -0.1) is 29.0 Å². The number of hydrogen-bond donors (Lipinski definition) is 0. The normalized spacial score (nSPS) is 12.5. The fraction of sp³-hybridized carbons (Fsp3) is 0.444. The molecule has 3 aromatic rings. The summed E-state index contributed by atoms with van der Waals surface area (Å²) in [5, 5.41) is 4.29. The van der Waals surface area contributed by atoms with E-state index in [1.807, 2.05) is 0 Å². The minimum absolute atomic E-state index is 0. The van der Waals surface area contributed by atoms with Gasteiger partial charge in [0.05, 0.1) is 9.52 Å². The van der Waals surface area contributed by atoms with Gasteiger partial charge in [-0.3, -0.25) is 0 Å². The summed E-state index contributed by atoms with van der Waals surface area (Å²) in [5.41, 5.74) is 7.70. The molecule has 0 atom stereocenters. The van der Waals surface area contributed by atoms with E-state index >= 15 is 0 Å². The topological polar surface area (TPSA) is 0 Å². The quantitative estimate of drug-likeness (QED) is 0.273. The third kappa shape index (κ3) is 4.59. The van der Waals surface area contributed by atoms with Gasteiger partial charge in [0.25, 0.3) is 0 Å². The first-order valence-electron chi connectivity index (χ1n) is 10.5. The molecule has 29 heavy (non-hydrogen) atoms. The Balaban J connectivity index is 0.00000300. The van der Waals surface area contributed by atoms with Gasteiger partial charge in [0.15, 0.2) is 0 Å². The number of benzene rings is 2. The Bertz CT molecular complexity index is 994. The SMILES string of the molecule is C[Si]c1c(C(C)(C)C)cc(-c2cccc3[cH-]ccc23)c(C(C)C)c1C(C)(C)C.[Zr]. The van der Waals surface area contributed by atoms with Gasteiger partial charge in [-0.05, 0) is 39.0 Å². The zero-order valence-electron chi connectivity index (χ0n) is 19.6. The maximum Gasteiger partial charge on any atom is 0.0781 e. The second kappa shape index (κ2) is 8.72. The van der Waals surface area contributed by atoms with Gasteiger partial charge in [0, 0.05) is 26.2 Å². The molecule has 2 radical (unpaired) electrons. The molecule has 0 bridgehead atoms. The molecular formula is C27H35SiZr-. The Labute approximate surface area is 199 Å². The molecule has 0 aliphatic heterocycles. The van der Waals surface area contributed by atoms with Gasteiger partial charge in [-0.25, -0.2) is 0 Å². The monoisotopic (exact) mass is 477 g/mol. The second-order valence-electron chi connectivity index (χ2n) is 10.4. The maximum atomic E-state index is 2.53. The Hall–Kier alpha value is -0.850. The predicted octanol–water partition coefficient (Wildman–Crippen LogP) is 7.32. The summed E-state index contributed by atoms with van der Waals surface area (Å²) in [6.45, 7) is 21.3. The molecule has 0 aromatic heterocycles. The van der Waals surface area contributed by atoms with E-state index in [4.69, 9.17) is 0 Å². The minimum Gasteiger partial charge on any atom is -0.168 e. The Morgan fingerprint density at radius 1 is 0.897 bits per heavy atom. The molecule has 0 saturated carbocycles. The van der Waals surface area contributed by atoms with Crippen LogP contribution in [0.1, 0.15) is 78.0 Å².